The van der Waals surface area contributed by atoms with Gasteiger partial charge in [-0.25, -0.2) is 0 Å². The van der Waals surface area contributed by atoms with Crippen LogP contribution in [0.25, 0.3) is 0 Å². The van der Waals surface area contributed by atoms with Crippen LogP contribution in [0.5, 0.6) is 5.75 Å². The van der Waals surface area contributed by atoms with Gasteiger partial charge in [0.1, 0.15) is 12.4 Å². The highest BCUT2D eigenvalue weighted by Gasteiger charge is 2.26. The monoisotopic (exact) mass is 299 g/mol. The molecule has 0 bridgehead atoms. The highest BCUT2D eigenvalue weighted by atomic mass is 35.5. The van der Waals surface area contributed by atoms with Crippen molar-refractivity contribution in [2.75, 3.05) is 6.61 Å². The number of rotatable bonds is 7. The topological polar surface area (TPSA) is 41.5 Å². The summed E-state index contributed by atoms with van der Waals surface area (Å²) in [5, 5.41) is 14.3. The zero-order chi connectivity index (χ0) is 15.3. The molecule has 1 rings (SSSR count). The smallest absolute Gasteiger partial charge is 0.124 e. The molecule has 0 aliphatic carbocycles. The largest absolute Gasteiger partial charge is 0.490 e. The first-order valence-corrected chi connectivity index (χ1v) is 7.47. The van der Waals surface area contributed by atoms with Crippen LogP contribution in [0.4, 0.5) is 0 Å². The highest BCUT2D eigenvalue weighted by molar-refractivity contribution is 6.30. The Bertz CT molecular complexity index is 430. The second kappa shape index (κ2) is 7.30. The lowest BCUT2D eigenvalue weighted by Gasteiger charge is -2.28. The van der Waals surface area contributed by atoms with Gasteiger partial charge in [0, 0.05) is 23.2 Å². The van der Waals surface area contributed by atoms with Crippen LogP contribution in [0, 0.1) is 5.92 Å². The lowest BCUT2D eigenvalue weighted by molar-refractivity contribution is -0.0268. The second-order valence-corrected chi connectivity index (χ2v) is 6.52. The lowest BCUT2D eigenvalue weighted by Crippen LogP contribution is -2.38. The van der Waals surface area contributed by atoms with E-state index >= 15 is 0 Å². The van der Waals surface area contributed by atoms with E-state index < -0.39 is 5.60 Å². The summed E-state index contributed by atoms with van der Waals surface area (Å²) in [6.45, 7) is 10.9. The minimum absolute atomic E-state index is 0.132. The normalized spacial score (nSPS) is 14.7. The maximum atomic E-state index is 10.2. The Balaban J connectivity index is 2.78. The molecule has 0 aromatic heterocycles. The van der Waals surface area contributed by atoms with E-state index in [-0.39, 0.29) is 12.5 Å². The van der Waals surface area contributed by atoms with Gasteiger partial charge < -0.3 is 15.2 Å². The van der Waals surface area contributed by atoms with E-state index in [9.17, 15) is 5.11 Å². The lowest BCUT2D eigenvalue weighted by atomic mass is 9.94. The molecule has 114 valence electrons. The number of ether oxygens (including phenoxy) is 1. The Morgan fingerprint density at radius 1 is 1.30 bits per heavy atom. The summed E-state index contributed by atoms with van der Waals surface area (Å²) in [6, 6.07) is 5.95. The Labute approximate surface area is 127 Å². The molecule has 4 heteroatoms. The maximum Gasteiger partial charge on any atom is 0.124 e. The van der Waals surface area contributed by atoms with Crippen molar-refractivity contribution in [1.82, 2.24) is 5.32 Å². The summed E-state index contributed by atoms with van der Waals surface area (Å²) in [6.07, 6.45) is 0. The number of nitrogens with one attached hydrogen (secondary N) is 1. The average molecular weight is 300 g/mol. The molecule has 0 saturated heterocycles. The molecule has 0 aliphatic rings. The fourth-order valence-corrected chi connectivity index (χ4v) is 1.73. The zero-order valence-electron chi connectivity index (χ0n) is 13.0. The third kappa shape index (κ3) is 5.31. The molecular weight excluding hydrogens is 274 g/mol. The summed E-state index contributed by atoms with van der Waals surface area (Å²) < 4.78 is 5.80. The molecule has 1 aromatic rings. The van der Waals surface area contributed by atoms with E-state index in [1.165, 1.54) is 0 Å². The summed E-state index contributed by atoms with van der Waals surface area (Å²) in [5.41, 5.74) is 0.160. The number of hydrogen-bond donors (Lipinski definition) is 2. The van der Waals surface area contributed by atoms with Gasteiger partial charge in [0.05, 0.1) is 5.60 Å². The van der Waals surface area contributed by atoms with E-state index in [0.717, 1.165) is 11.3 Å². The van der Waals surface area contributed by atoms with Gasteiger partial charge in [0.2, 0.25) is 0 Å². The number of halogens is 1. The third-order valence-corrected chi connectivity index (χ3v) is 3.72. The Hall–Kier alpha value is -0.770. The SMILES string of the molecule is CC(C)NCc1cc(Cl)ccc1OCC(C)(O)C(C)C. The van der Waals surface area contributed by atoms with Gasteiger partial charge in [-0.15, -0.1) is 0 Å². The number of benzene rings is 1. The fraction of sp³-hybridized carbons (Fsp3) is 0.625. The predicted molar refractivity (Wildman–Crippen MR) is 84.4 cm³/mol. The Morgan fingerprint density at radius 2 is 1.95 bits per heavy atom. The van der Waals surface area contributed by atoms with Crippen LogP contribution in [0.3, 0.4) is 0 Å². The molecule has 0 heterocycles. The molecule has 0 spiro atoms. The Morgan fingerprint density at radius 3 is 2.50 bits per heavy atom. The van der Waals surface area contributed by atoms with Crippen LogP contribution in [-0.2, 0) is 6.54 Å². The first-order chi connectivity index (χ1) is 9.22. The second-order valence-electron chi connectivity index (χ2n) is 6.09. The molecule has 20 heavy (non-hydrogen) atoms. The summed E-state index contributed by atoms with van der Waals surface area (Å²) in [4.78, 5) is 0. The van der Waals surface area contributed by atoms with E-state index in [4.69, 9.17) is 16.3 Å². The van der Waals surface area contributed by atoms with Crippen LogP contribution in [0.1, 0.15) is 40.2 Å². The van der Waals surface area contributed by atoms with Crippen molar-refractivity contribution in [3.05, 3.63) is 28.8 Å². The minimum Gasteiger partial charge on any atom is -0.490 e. The van der Waals surface area contributed by atoms with Gasteiger partial charge in [-0.1, -0.05) is 39.3 Å². The van der Waals surface area contributed by atoms with Crippen molar-refractivity contribution >= 4 is 11.6 Å². The molecule has 1 unspecified atom stereocenters. The summed E-state index contributed by atoms with van der Waals surface area (Å²) in [5.74, 6) is 0.899. The highest BCUT2D eigenvalue weighted by Crippen LogP contribution is 2.25. The molecule has 3 nitrogen and oxygen atoms in total. The maximum absolute atomic E-state index is 10.2. The molecule has 0 amide bonds. The van der Waals surface area contributed by atoms with Gasteiger partial charge >= 0.3 is 0 Å². The zero-order valence-corrected chi connectivity index (χ0v) is 13.8. The van der Waals surface area contributed by atoms with E-state index in [1.807, 2.05) is 26.0 Å². The van der Waals surface area contributed by atoms with Crippen LogP contribution in [-0.4, -0.2) is 23.4 Å². The average Bonchev–Trinajstić information content (AvgIpc) is 2.34. The van der Waals surface area contributed by atoms with Crippen molar-refractivity contribution in [2.45, 2.75) is 52.8 Å². The molecule has 1 atom stereocenters. The van der Waals surface area contributed by atoms with E-state index in [1.54, 1.807) is 13.0 Å². The third-order valence-electron chi connectivity index (χ3n) is 3.49. The first-order valence-electron chi connectivity index (χ1n) is 7.09. The van der Waals surface area contributed by atoms with Crippen LogP contribution < -0.4 is 10.1 Å². The van der Waals surface area contributed by atoms with Crippen molar-refractivity contribution < 1.29 is 9.84 Å². The van der Waals surface area contributed by atoms with Crippen LogP contribution >= 0.6 is 11.6 Å². The van der Waals surface area contributed by atoms with E-state index in [0.29, 0.717) is 17.6 Å². The van der Waals surface area contributed by atoms with Gasteiger partial charge in [-0.2, -0.15) is 0 Å². The van der Waals surface area contributed by atoms with Gasteiger partial charge in [-0.05, 0) is 31.0 Å². The molecule has 1 aromatic carbocycles. The number of aliphatic hydroxyl groups is 1. The summed E-state index contributed by atoms with van der Waals surface area (Å²) in [7, 11) is 0. The van der Waals surface area contributed by atoms with E-state index in [2.05, 4.69) is 19.2 Å². The van der Waals surface area contributed by atoms with Gasteiger partial charge in [0.15, 0.2) is 0 Å². The van der Waals surface area contributed by atoms with Crippen molar-refractivity contribution in [2.24, 2.45) is 5.92 Å². The van der Waals surface area contributed by atoms with Crippen molar-refractivity contribution in [3.63, 3.8) is 0 Å². The quantitative estimate of drug-likeness (QED) is 0.808. The molecular formula is C16H26ClNO2. The number of hydrogen-bond acceptors (Lipinski definition) is 3. The molecule has 0 aliphatic heterocycles. The van der Waals surface area contributed by atoms with Gasteiger partial charge in [0.25, 0.3) is 0 Å². The molecule has 0 fully saturated rings. The first kappa shape index (κ1) is 17.3. The molecule has 0 saturated carbocycles. The van der Waals surface area contributed by atoms with Gasteiger partial charge in [-0.3, -0.25) is 0 Å². The minimum atomic E-state index is -0.845. The standard InChI is InChI=1S/C16H26ClNO2/c1-11(2)16(5,19)10-20-15-7-6-14(17)8-13(15)9-18-12(3)4/h6-8,11-12,18-19H,9-10H2,1-5H3. The van der Waals surface area contributed by atoms with Crippen molar-refractivity contribution in [3.8, 4) is 5.75 Å². The fourth-order valence-electron chi connectivity index (χ4n) is 1.53. The predicted octanol–water partition coefficient (Wildman–Crippen LogP) is 3.62. The van der Waals surface area contributed by atoms with Crippen LogP contribution in [0.2, 0.25) is 5.02 Å². The van der Waals surface area contributed by atoms with Crippen molar-refractivity contribution in [1.29, 1.82) is 0 Å². The molecule has 0 radical (unpaired) electrons. The molecule has 2 N–H and O–H groups in total. The summed E-state index contributed by atoms with van der Waals surface area (Å²) >= 11 is 6.04. The van der Waals surface area contributed by atoms with Crippen LogP contribution in [0.15, 0.2) is 18.2 Å². The Kier molecular flexibility index (Phi) is 6.31.